The smallest absolute Gasteiger partial charge is 0.175 e. The van der Waals surface area contributed by atoms with Gasteiger partial charge in [-0.2, -0.15) is 0 Å². The highest BCUT2D eigenvalue weighted by Gasteiger charge is 2.05. The van der Waals surface area contributed by atoms with Gasteiger partial charge in [-0.1, -0.05) is 24.3 Å². The molecule has 0 radical (unpaired) electrons. The SMILES string of the molecule is Cc1ccccc1-c1[nH]c(=S)[nH]c1C. The van der Waals surface area contributed by atoms with Crippen molar-refractivity contribution in [2.24, 2.45) is 0 Å². The predicted molar refractivity (Wildman–Crippen MR) is 60.9 cm³/mol. The van der Waals surface area contributed by atoms with Crippen LogP contribution in [0.25, 0.3) is 11.3 Å². The molecule has 0 saturated heterocycles. The van der Waals surface area contributed by atoms with Crippen molar-refractivity contribution in [2.45, 2.75) is 13.8 Å². The van der Waals surface area contributed by atoms with Gasteiger partial charge >= 0.3 is 0 Å². The van der Waals surface area contributed by atoms with E-state index in [1.165, 1.54) is 11.1 Å². The molecule has 72 valence electrons. The molecular formula is C11H12N2S. The summed E-state index contributed by atoms with van der Waals surface area (Å²) >= 11 is 5.05. The van der Waals surface area contributed by atoms with Gasteiger partial charge < -0.3 is 9.97 Å². The molecule has 0 atom stereocenters. The largest absolute Gasteiger partial charge is 0.334 e. The quantitative estimate of drug-likeness (QED) is 0.686. The normalized spacial score (nSPS) is 10.4. The van der Waals surface area contributed by atoms with Gasteiger partial charge in [0.25, 0.3) is 0 Å². The van der Waals surface area contributed by atoms with E-state index in [9.17, 15) is 0 Å². The van der Waals surface area contributed by atoms with E-state index < -0.39 is 0 Å². The van der Waals surface area contributed by atoms with Gasteiger partial charge in [-0.15, -0.1) is 0 Å². The molecule has 0 aliphatic carbocycles. The Balaban J connectivity index is 2.66. The molecule has 2 aromatic rings. The highest BCUT2D eigenvalue weighted by atomic mass is 32.1. The van der Waals surface area contributed by atoms with E-state index in [0.717, 1.165) is 11.4 Å². The van der Waals surface area contributed by atoms with Crippen molar-refractivity contribution in [3.8, 4) is 11.3 Å². The molecule has 0 fully saturated rings. The summed E-state index contributed by atoms with van der Waals surface area (Å²) in [7, 11) is 0. The van der Waals surface area contributed by atoms with Crippen LogP contribution in [0.4, 0.5) is 0 Å². The number of hydrogen-bond donors (Lipinski definition) is 2. The van der Waals surface area contributed by atoms with Crippen LogP contribution in [-0.2, 0) is 0 Å². The van der Waals surface area contributed by atoms with Gasteiger partial charge in [-0.3, -0.25) is 0 Å². The van der Waals surface area contributed by atoms with E-state index in [4.69, 9.17) is 12.2 Å². The van der Waals surface area contributed by atoms with Crippen molar-refractivity contribution < 1.29 is 0 Å². The average Bonchev–Trinajstić information content (AvgIpc) is 2.46. The molecule has 0 spiro atoms. The predicted octanol–water partition coefficient (Wildman–Crippen LogP) is 3.36. The number of aromatic nitrogens is 2. The van der Waals surface area contributed by atoms with E-state index in [2.05, 4.69) is 29.0 Å². The molecular weight excluding hydrogens is 192 g/mol. The van der Waals surface area contributed by atoms with Crippen LogP contribution in [-0.4, -0.2) is 9.97 Å². The van der Waals surface area contributed by atoms with Crippen LogP contribution in [0.5, 0.6) is 0 Å². The van der Waals surface area contributed by atoms with Crippen LogP contribution >= 0.6 is 12.2 Å². The minimum Gasteiger partial charge on any atom is -0.334 e. The molecule has 14 heavy (non-hydrogen) atoms. The van der Waals surface area contributed by atoms with E-state index in [0.29, 0.717) is 4.77 Å². The van der Waals surface area contributed by atoms with Crippen LogP contribution in [0.15, 0.2) is 24.3 Å². The number of aryl methyl sites for hydroxylation is 2. The minimum absolute atomic E-state index is 0.681. The molecule has 0 amide bonds. The minimum atomic E-state index is 0.681. The molecule has 1 heterocycles. The molecule has 2 nitrogen and oxygen atoms in total. The molecule has 3 heteroatoms. The zero-order chi connectivity index (χ0) is 10.1. The lowest BCUT2D eigenvalue weighted by molar-refractivity contribution is 1.22. The first-order valence-electron chi connectivity index (χ1n) is 4.53. The number of nitrogens with one attached hydrogen (secondary N) is 2. The van der Waals surface area contributed by atoms with Gasteiger partial charge in [0.15, 0.2) is 4.77 Å². The van der Waals surface area contributed by atoms with E-state index in [-0.39, 0.29) is 0 Å². The summed E-state index contributed by atoms with van der Waals surface area (Å²) in [6.45, 7) is 4.12. The van der Waals surface area contributed by atoms with Crippen LogP contribution in [0.3, 0.4) is 0 Å². The monoisotopic (exact) mass is 204 g/mol. The Morgan fingerprint density at radius 2 is 1.79 bits per heavy atom. The standard InChI is InChI=1S/C11H12N2S/c1-7-5-3-4-6-9(7)10-8(2)12-11(14)13-10/h3-6H,1-2H3,(H2,12,13,14). The Labute approximate surface area is 88.0 Å². The van der Waals surface area contributed by atoms with E-state index >= 15 is 0 Å². The lowest BCUT2D eigenvalue weighted by atomic mass is 10.1. The van der Waals surface area contributed by atoms with Crippen LogP contribution in [0.2, 0.25) is 0 Å². The maximum Gasteiger partial charge on any atom is 0.175 e. The Morgan fingerprint density at radius 1 is 1.07 bits per heavy atom. The zero-order valence-electron chi connectivity index (χ0n) is 8.22. The topological polar surface area (TPSA) is 31.6 Å². The fraction of sp³-hybridized carbons (Fsp3) is 0.182. The third kappa shape index (κ3) is 1.51. The summed E-state index contributed by atoms with van der Waals surface area (Å²) < 4.78 is 0.681. The van der Waals surface area contributed by atoms with E-state index in [1.807, 2.05) is 19.1 Å². The van der Waals surface area contributed by atoms with E-state index in [1.54, 1.807) is 0 Å². The molecule has 0 aliphatic rings. The summed E-state index contributed by atoms with van der Waals surface area (Å²) in [5, 5.41) is 0. The second-order valence-electron chi connectivity index (χ2n) is 3.39. The summed E-state index contributed by atoms with van der Waals surface area (Å²) in [4.78, 5) is 6.25. The first-order chi connectivity index (χ1) is 6.68. The van der Waals surface area contributed by atoms with Crippen molar-refractivity contribution in [2.75, 3.05) is 0 Å². The zero-order valence-corrected chi connectivity index (χ0v) is 9.03. The first-order valence-corrected chi connectivity index (χ1v) is 4.94. The molecule has 0 bridgehead atoms. The lowest BCUT2D eigenvalue weighted by Crippen LogP contribution is -1.84. The van der Waals surface area contributed by atoms with Crippen molar-refractivity contribution in [3.63, 3.8) is 0 Å². The highest BCUT2D eigenvalue weighted by Crippen LogP contribution is 2.23. The number of aromatic amines is 2. The Hall–Kier alpha value is -1.35. The molecule has 1 aromatic heterocycles. The second kappa shape index (κ2) is 3.42. The van der Waals surface area contributed by atoms with Crippen molar-refractivity contribution >= 4 is 12.2 Å². The van der Waals surface area contributed by atoms with Gasteiger partial charge in [0.05, 0.1) is 5.69 Å². The number of imidazole rings is 1. The number of H-pyrrole nitrogens is 2. The number of benzene rings is 1. The molecule has 0 saturated carbocycles. The lowest BCUT2D eigenvalue weighted by Gasteiger charge is -2.03. The van der Waals surface area contributed by atoms with Crippen LogP contribution in [0, 0.1) is 18.6 Å². The van der Waals surface area contributed by atoms with Crippen molar-refractivity contribution in [1.82, 2.24) is 9.97 Å². The Morgan fingerprint density at radius 3 is 2.36 bits per heavy atom. The fourth-order valence-electron chi connectivity index (χ4n) is 1.59. The van der Waals surface area contributed by atoms with Crippen molar-refractivity contribution in [3.05, 3.63) is 40.3 Å². The first kappa shape index (κ1) is 9.21. The third-order valence-electron chi connectivity index (χ3n) is 2.33. The molecule has 0 aliphatic heterocycles. The van der Waals surface area contributed by atoms with Gasteiger partial charge in [0.1, 0.15) is 0 Å². The highest BCUT2D eigenvalue weighted by molar-refractivity contribution is 7.71. The van der Waals surface area contributed by atoms with Gasteiger partial charge in [-0.05, 0) is 31.6 Å². The van der Waals surface area contributed by atoms with Gasteiger partial charge in [0, 0.05) is 11.3 Å². The maximum absolute atomic E-state index is 5.05. The average molecular weight is 204 g/mol. The Bertz CT molecular complexity index is 508. The van der Waals surface area contributed by atoms with Crippen molar-refractivity contribution in [1.29, 1.82) is 0 Å². The summed E-state index contributed by atoms with van der Waals surface area (Å²) in [5.41, 5.74) is 4.63. The third-order valence-corrected chi connectivity index (χ3v) is 2.53. The summed E-state index contributed by atoms with van der Waals surface area (Å²) in [6, 6.07) is 8.26. The van der Waals surface area contributed by atoms with Crippen LogP contribution < -0.4 is 0 Å². The summed E-state index contributed by atoms with van der Waals surface area (Å²) in [5.74, 6) is 0. The van der Waals surface area contributed by atoms with Gasteiger partial charge in [-0.25, -0.2) is 0 Å². The molecule has 2 N–H and O–H groups in total. The fourth-order valence-corrected chi connectivity index (χ4v) is 1.85. The number of hydrogen-bond acceptors (Lipinski definition) is 1. The van der Waals surface area contributed by atoms with Crippen LogP contribution in [0.1, 0.15) is 11.3 Å². The maximum atomic E-state index is 5.05. The molecule has 0 unspecified atom stereocenters. The molecule has 1 aromatic carbocycles. The second-order valence-corrected chi connectivity index (χ2v) is 3.80. The summed E-state index contributed by atoms with van der Waals surface area (Å²) in [6.07, 6.45) is 0. The Kier molecular flexibility index (Phi) is 2.25. The molecule has 2 rings (SSSR count). The van der Waals surface area contributed by atoms with Gasteiger partial charge in [0.2, 0.25) is 0 Å². The number of rotatable bonds is 1.